The number of benzene rings is 3. The van der Waals surface area contributed by atoms with Gasteiger partial charge in [-0.1, -0.05) is 69.6 Å². The van der Waals surface area contributed by atoms with Crippen molar-refractivity contribution in [1.82, 2.24) is 14.9 Å². The minimum atomic E-state index is -3.26. The molecule has 256 valence electrons. The molecule has 0 aliphatic rings. The molecule has 0 N–H and O–H groups in total. The smallest absolute Gasteiger partial charge is 0.264 e. The number of ether oxygens (including phenoxy) is 2. The number of hydrogen-bond donors (Lipinski definition) is 0. The van der Waals surface area contributed by atoms with Gasteiger partial charge in [-0.25, -0.2) is 4.98 Å². The highest BCUT2D eigenvalue weighted by Crippen LogP contribution is 2.27. The highest BCUT2D eigenvalue weighted by Gasteiger charge is 2.15. The second kappa shape index (κ2) is 18.2. The number of hydrogen-bond acceptors (Lipinski definition) is 9. The van der Waals surface area contributed by atoms with Crippen LogP contribution in [-0.2, 0) is 19.0 Å². The minimum Gasteiger partial charge on any atom is -0.457 e. The normalized spacial score (nSPS) is 11.4. The largest absolute Gasteiger partial charge is 0.457 e. The van der Waals surface area contributed by atoms with Gasteiger partial charge in [0, 0.05) is 22.8 Å². The van der Waals surface area contributed by atoms with Gasteiger partial charge in [0.05, 0.1) is 24.5 Å². The minimum absolute atomic E-state index is 0.0942. The number of rotatable bonds is 10. The predicted molar refractivity (Wildman–Crippen MR) is 185 cm³/mol. The van der Waals surface area contributed by atoms with E-state index in [1.807, 2.05) is 27.7 Å². The first-order chi connectivity index (χ1) is 21.8. The molecule has 10 nitrogen and oxygen atoms in total. The van der Waals surface area contributed by atoms with Crippen LogP contribution in [0.3, 0.4) is 0 Å². The zero-order valence-electron chi connectivity index (χ0n) is 28.0. The van der Waals surface area contributed by atoms with Crippen LogP contribution in [0.2, 0.25) is 10.0 Å². The number of ketones is 1. The maximum atomic E-state index is 12.6. The van der Waals surface area contributed by atoms with Crippen LogP contribution in [0.25, 0.3) is 0 Å². The summed E-state index contributed by atoms with van der Waals surface area (Å²) in [6, 6.07) is 18.6. The van der Waals surface area contributed by atoms with Crippen molar-refractivity contribution in [3.63, 3.8) is 0 Å². The van der Waals surface area contributed by atoms with Crippen molar-refractivity contribution in [3.05, 3.63) is 101 Å². The standard InChI is InChI=1S/C21H13Cl2N3O3.C7H16O.C6H14O3S/c22-15-3-10-20(23)19(11-15)21(27)14-1-4-16(5-2-14)28-17-6-8-18(9-7-17)29-26-13-24-12-25-26;1-5-8-6-7(2,3)4;1-6(2,3)5-9-10(4,7)8/h1-13H;5-6H2,1-4H3;5H2,1-4H3. The van der Waals surface area contributed by atoms with E-state index >= 15 is 0 Å². The zero-order valence-corrected chi connectivity index (χ0v) is 30.3. The van der Waals surface area contributed by atoms with Crippen LogP contribution in [-0.4, -0.2) is 55.2 Å². The van der Waals surface area contributed by atoms with Crippen LogP contribution < -0.4 is 9.57 Å². The first kappa shape index (κ1) is 39.7. The Balaban J connectivity index is 0.000000352. The van der Waals surface area contributed by atoms with Crippen molar-refractivity contribution in [2.45, 2.75) is 48.5 Å². The molecule has 0 spiro atoms. The van der Waals surface area contributed by atoms with Gasteiger partial charge in [-0.2, -0.15) is 8.42 Å². The van der Waals surface area contributed by atoms with Crippen molar-refractivity contribution in [3.8, 4) is 17.2 Å². The fraction of sp³-hybridized carbons (Fsp3) is 0.382. The molecule has 0 aliphatic carbocycles. The van der Waals surface area contributed by atoms with Crippen molar-refractivity contribution in [2.24, 2.45) is 10.8 Å². The molecule has 0 fully saturated rings. The number of carbonyl (C=O) groups excluding carboxylic acids is 1. The molecule has 0 bridgehead atoms. The number of halogens is 2. The maximum Gasteiger partial charge on any atom is 0.264 e. The zero-order chi connectivity index (χ0) is 35.3. The van der Waals surface area contributed by atoms with E-state index in [4.69, 9.17) is 37.5 Å². The monoisotopic (exact) mass is 707 g/mol. The van der Waals surface area contributed by atoms with Gasteiger partial charge in [-0.3, -0.25) is 8.98 Å². The summed E-state index contributed by atoms with van der Waals surface area (Å²) in [5, 5.41) is 4.67. The van der Waals surface area contributed by atoms with Crippen LogP contribution in [0.15, 0.2) is 79.4 Å². The molecular formula is C34H43Cl2N3O7S. The van der Waals surface area contributed by atoms with Gasteiger partial charge in [0.15, 0.2) is 17.9 Å². The number of nitrogens with zero attached hydrogens (tertiary/aromatic N) is 3. The molecule has 13 heteroatoms. The third kappa shape index (κ3) is 16.8. The van der Waals surface area contributed by atoms with Gasteiger partial charge in [0.2, 0.25) is 0 Å². The van der Waals surface area contributed by atoms with E-state index in [-0.39, 0.29) is 17.8 Å². The topological polar surface area (TPSA) is 119 Å². The van der Waals surface area contributed by atoms with Gasteiger partial charge >= 0.3 is 0 Å². The van der Waals surface area contributed by atoms with Crippen molar-refractivity contribution in [1.29, 1.82) is 0 Å². The second-order valence-electron chi connectivity index (χ2n) is 12.7. The first-order valence-corrected chi connectivity index (χ1v) is 17.3. The Kier molecular flexibility index (Phi) is 15.3. The Morgan fingerprint density at radius 2 is 1.38 bits per heavy atom. The quantitative estimate of drug-likeness (QED) is 0.118. The molecule has 4 aromatic rings. The number of carbonyl (C=O) groups is 1. The number of aromatic nitrogens is 3. The lowest BCUT2D eigenvalue weighted by atomic mass is 9.99. The lowest BCUT2D eigenvalue weighted by Gasteiger charge is -2.16. The fourth-order valence-corrected chi connectivity index (χ4v) is 4.19. The summed E-state index contributed by atoms with van der Waals surface area (Å²) in [5.74, 6) is 1.58. The van der Waals surface area contributed by atoms with E-state index in [0.29, 0.717) is 43.8 Å². The van der Waals surface area contributed by atoms with Crippen LogP contribution in [0.1, 0.15) is 64.4 Å². The molecule has 0 saturated carbocycles. The van der Waals surface area contributed by atoms with E-state index in [1.54, 1.807) is 66.7 Å². The lowest BCUT2D eigenvalue weighted by Crippen LogP contribution is -2.17. The molecule has 0 radical (unpaired) electrons. The summed E-state index contributed by atoms with van der Waals surface area (Å²) in [5.41, 5.74) is 1.08. The van der Waals surface area contributed by atoms with Gasteiger partial charge in [-0.15, -0.1) is 5.10 Å². The third-order valence-corrected chi connectivity index (χ3v) is 6.50. The average Bonchev–Trinajstić information content (AvgIpc) is 3.50. The molecule has 0 saturated heterocycles. The molecule has 0 aliphatic heterocycles. The Labute approximate surface area is 288 Å². The SMILES string of the molecule is CC(C)(C)COS(C)(=O)=O.CCOCC(C)(C)C.O=C(c1ccc(Oc2ccc(On3cncn3)cc2)cc1)c1cc(Cl)ccc1Cl. The summed E-state index contributed by atoms with van der Waals surface area (Å²) in [7, 11) is -3.26. The Morgan fingerprint density at radius 3 is 1.83 bits per heavy atom. The molecule has 1 heterocycles. The molecule has 47 heavy (non-hydrogen) atoms. The summed E-state index contributed by atoms with van der Waals surface area (Å²) in [6.45, 7) is 16.2. The average molecular weight is 709 g/mol. The van der Waals surface area contributed by atoms with E-state index in [2.05, 4.69) is 35.0 Å². The molecule has 0 amide bonds. The van der Waals surface area contributed by atoms with E-state index in [9.17, 15) is 13.2 Å². The maximum absolute atomic E-state index is 12.6. The second-order valence-corrected chi connectivity index (χ2v) is 15.2. The van der Waals surface area contributed by atoms with Crippen molar-refractivity contribution < 1.29 is 31.7 Å². The Morgan fingerprint density at radius 1 is 0.830 bits per heavy atom. The van der Waals surface area contributed by atoms with Gasteiger partial charge in [-0.05, 0) is 84.5 Å². The van der Waals surface area contributed by atoms with Crippen LogP contribution >= 0.6 is 23.2 Å². The third-order valence-electron chi connectivity index (χ3n) is 5.39. The Bertz CT molecular complexity index is 1630. The highest BCUT2D eigenvalue weighted by atomic mass is 35.5. The summed E-state index contributed by atoms with van der Waals surface area (Å²) in [6.07, 6.45) is 3.88. The molecule has 0 atom stereocenters. The predicted octanol–water partition coefficient (Wildman–Crippen LogP) is 8.53. The Hall–Kier alpha value is -3.48. The lowest BCUT2D eigenvalue weighted by molar-refractivity contribution is 0.0805. The fourth-order valence-electron chi connectivity index (χ4n) is 3.25. The summed E-state index contributed by atoms with van der Waals surface area (Å²) >= 11 is 12.1. The van der Waals surface area contributed by atoms with E-state index in [1.165, 1.54) is 17.5 Å². The van der Waals surface area contributed by atoms with Crippen molar-refractivity contribution in [2.75, 3.05) is 26.1 Å². The molecular weight excluding hydrogens is 665 g/mol. The van der Waals surface area contributed by atoms with Crippen LogP contribution in [0.4, 0.5) is 0 Å². The van der Waals surface area contributed by atoms with E-state index in [0.717, 1.165) is 19.5 Å². The van der Waals surface area contributed by atoms with Crippen molar-refractivity contribution >= 4 is 39.1 Å². The first-order valence-electron chi connectivity index (χ1n) is 14.7. The van der Waals surface area contributed by atoms with Gasteiger partial charge < -0.3 is 14.3 Å². The molecule has 1 aromatic heterocycles. The summed E-state index contributed by atoms with van der Waals surface area (Å²) < 4.78 is 36.5. The van der Waals surface area contributed by atoms with Crippen LogP contribution in [0, 0.1) is 10.8 Å². The van der Waals surface area contributed by atoms with E-state index < -0.39 is 10.1 Å². The van der Waals surface area contributed by atoms with Crippen LogP contribution in [0.5, 0.6) is 17.2 Å². The molecule has 4 rings (SSSR count). The molecule has 0 unspecified atom stereocenters. The van der Waals surface area contributed by atoms with Gasteiger partial charge in [0.25, 0.3) is 10.1 Å². The summed E-state index contributed by atoms with van der Waals surface area (Å²) in [4.78, 5) is 23.2. The highest BCUT2D eigenvalue weighted by molar-refractivity contribution is 7.85. The molecule has 3 aromatic carbocycles. The van der Waals surface area contributed by atoms with Gasteiger partial charge in [0.1, 0.15) is 17.8 Å².